The molecule has 1 aromatic carbocycles. The number of ketones is 1. The zero-order valence-corrected chi connectivity index (χ0v) is 14.8. The van der Waals surface area contributed by atoms with Gasteiger partial charge in [-0.3, -0.25) is 4.79 Å². The number of rotatable bonds is 12. The van der Waals surface area contributed by atoms with E-state index in [-0.39, 0.29) is 5.78 Å². The van der Waals surface area contributed by atoms with Crippen molar-refractivity contribution in [2.24, 2.45) is 5.73 Å². The largest absolute Gasteiger partial charge is 0.403 e. The number of carbonyl (C=O) groups excluding carboxylic acids is 1. The number of Topliss-reactive ketones (excluding diaryl/α,β-unsaturated/α-hetero) is 1. The van der Waals surface area contributed by atoms with Gasteiger partial charge in [-0.1, -0.05) is 39.2 Å². The van der Waals surface area contributed by atoms with Crippen LogP contribution in [0.1, 0.15) is 74.7 Å². The van der Waals surface area contributed by atoms with E-state index in [2.05, 4.69) is 24.9 Å². The van der Waals surface area contributed by atoms with Crippen molar-refractivity contribution >= 4 is 11.5 Å². The first-order chi connectivity index (χ1) is 11.0. The number of hydrogen-bond donors (Lipinski definition) is 2. The van der Waals surface area contributed by atoms with Gasteiger partial charge in [-0.25, -0.2) is 0 Å². The second-order valence-corrected chi connectivity index (χ2v) is 6.28. The van der Waals surface area contributed by atoms with Crippen molar-refractivity contribution in [3.63, 3.8) is 0 Å². The minimum atomic E-state index is 0.153. The monoisotopic (exact) mass is 316 g/mol. The second kappa shape index (κ2) is 10.9. The summed E-state index contributed by atoms with van der Waals surface area (Å²) < 4.78 is 0. The Morgan fingerprint density at radius 2 is 1.87 bits per heavy atom. The number of nitrogens with one attached hydrogen (secondary N) is 1. The van der Waals surface area contributed by atoms with E-state index in [1.807, 2.05) is 12.1 Å². The molecule has 23 heavy (non-hydrogen) atoms. The molecule has 0 spiro atoms. The second-order valence-electron chi connectivity index (χ2n) is 6.28. The van der Waals surface area contributed by atoms with Crippen LogP contribution in [0.2, 0.25) is 0 Å². The maximum absolute atomic E-state index is 11.6. The average Bonchev–Trinajstić information content (AvgIpc) is 2.50. The van der Waals surface area contributed by atoms with Crippen LogP contribution in [-0.4, -0.2) is 12.3 Å². The predicted octanol–water partition coefficient (Wildman–Crippen LogP) is 5.07. The molecule has 0 heterocycles. The van der Waals surface area contributed by atoms with Gasteiger partial charge in [0.15, 0.2) is 5.78 Å². The summed E-state index contributed by atoms with van der Waals surface area (Å²) in [6.07, 6.45) is 8.98. The highest BCUT2D eigenvalue weighted by Gasteiger charge is 2.07. The molecular formula is C20H32N2O. The van der Waals surface area contributed by atoms with Crippen LogP contribution in [-0.2, 0) is 6.42 Å². The highest BCUT2D eigenvalue weighted by atomic mass is 16.1. The fourth-order valence-electron chi connectivity index (χ4n) is 2.76. The fourth-order valence-corrected chi connectivity index (χ4v) is 2.76. The summed E-state index contributed by atoms with van der Waals surface area (Å²) in [5.41, 5.74) is 9.49. The van der Waals surface area contributed by atoms with Crippen LogP contribution in [0, 0.1) is 0 Å². The molecule has 0 saturated carbocycles. The summed E-state index contributed by atoms with van der Waals surface area (Å²) in [7, 11) is 0. The van der Waals surface area contributed by atoms with Crippen molar-refractivity contribution in [2.75, 3.05) is 11.9 Å². The molecule has 0 aromatic heterocycles. The molecule has 0 unspecified atom stereocenters. The Balaban J connectivity index is 2.30. The first-order valence-electron chi connectivity index (χ1n) is 8.85. The molecule has 1 rings (SSSR count). The lowest BCUT2D eigenvalue weighted by atomic mass is 9.99. The highest BCUT2D eigenvalue weighted by molar-refractivity contribution is 5.96. The van der Waals surface area contributed by atoms with Crippen molar-refractivity contribution in [1.29, 1.82) is 0 Å². The van der Waals surface area contributed by atoms with Crippen LogP contribution in [0.4, 0.5) is 5.69 Å². The van der Waals surface area contributed by atoms with Gasteiger partial charge >= 0.3 is 0 Å². The Kier molecular flexibility index (Phi) is 9.11. The van der Waals surface area contributed by atoms with E-state index in [0.29, 0.717) is 0 Å². The normalized spacial score (nSPS) is 10.5. The van der Waals surface area contributed by atoms with Gasteiger partial charge in [-0.05, 0) is 56.4 Å². The van der Waals surface area contributed by atoms with E-state index in [1.54, 1.807) is 6.92 Å². The van der Waals surface area contributed by atoms with E-state index >= 15 is 0 Å². The van der Waals surface area contributed by atoms with Gasteiger partial charge in [0.05, 0.1) is 0 Å². The molecule has 1 aromatic rings. The van der Waals surface area contributed by atoms with Gasteiger partial charge in [-0.15, -0.1) is 0 Å². The van der Waals surface area contributed by atoms with E-state index in [0.717, 1.165) is 54.7 Å². The smallest absolute Gasteiger partial charge is 0.160 e. The van der Waals surface area contributed by atoms with Crippen LogP contribution in [0.3, 0.4) is 0 Å². The number of unbranched alkanes of at least 4 members (excludes halogenated alkanes) is 4. The number of nitrogens with two attached hydrogens (primary N) is 1. The number of allylic oxidation sites excluding steroid dienone is 1. The molecule has 0 aliphatic rings. The first-order valence-corrected chi connectivity index (χ1v) is 8.85. The van der Waals surface area contributed by atoms with Crippen molar-refractivity contribution in [3.8, 4) is 0 Å². The van der Waals surface area contributed by atoms with Crippen LogP contribution in [0.15, 0.2) is 30.5 Å². The van der Waals surface area contributed by atoms with Gasteiger partial charge < -0.3 is 11.1 Å². The summed E-state index contributed by atoms with van der Waals surface area (Å²) in [4.78, 5) is 11.6. The molecule has 0 fully saturated rings. The molecule has 0 aliphatic heterocycles. The average molecular weight is 316 g/mol. The predicted molar refractivity (Wildman–Crippen MR) is 100.0 cm³/mol. The summed E-state index contributed by atoms with van der Waals surface area (Å²) in [6, 6.07) is 6.10. The van der Waals surface area contributed by atoms with Gasteiger partial charge in [-0.2, -0.15) is 0 Å². The fraction of sp³-hybridized carbons (Fsp3) is 0.550. The van der Waals surface area contributed by atoms with Gasteiger partial charge in [0.1, 0.15) is 0 Å². The van der Waals surface area contributed by atoms with E-state index in [9.17, 15) is 4.79 Å². The molecule has 0 atom stereocenters. The molecule has 3 nitrogen and oxygen atoms in total. The Morgan fingerprint density at radius 3 is 2.52 bits per heavy atom. The Labute approximate surface area is 141 Å². The quantitative estimate of drug-likeness (QED) is 0.418. The molecule has 3 heteroatoms. The third-order valence-corrected chi connectivity index (χ3v) is 4.01. The summed E-state index contributed by atoms with van der Waals surface area (Å²) in [6.45, 7) is 8.48. The Hall–Kier alpha value is -1.77. The summed E-state index contributed by atoms with van der Waals surface area (Å²) in [5.74, 6) is 0.153. The van der Waals surface area contributed by atoms with Gasteiger partial charge in [0.25, 0.3) is 0 Å². The lowest BCUT2D eigenvalue weighted by molar-refractivity contribution is 0.101. The van der Waals surface area contributed by atoms with Crippen LogP contribution in [0.5, 0.6) is 0 Å². The minimum absolute atomic E-state index is 0.153. The van der Waals surface area contributed by atoms with Crippen molar-refractivity contribution in [3.05, 3.63) is 41.6 Å². The molecule has 3 N–H and O–H groups in total. The van der Waals surface area contributed by atoms with E-state index < -0.39 is 0 Å². The Bertz CT molecular complexity index is 508. The number of anilines is 1. The molecule has 0 saturated heterocycles. The van der Waals surface area contributed by atoms with Gasteiger partial charge in [0, 0.05) is 23.5 Å². The lowest BCUT2D eigenvalue weighted by Gasteiger charge is -2.11. The minimum Gasteiger partial charge on any atom is -0.403 e. The molecular weight excluding hydrogens is 284 g/mol. The molecule has 0 bridgehead atoms. The number of aryl methyl sites for hydroxylation is 1. The highest BCUT2D eigenvalue weighted by Crippen LogP contribution is 2.18. The maximum atomic E-state index is 11.6. The van der Waals surface area contributed by atoms with Crippen molar-refractivity contribution in [2.45, 2.75) is 65.2 Å². The molecule has 128 valence electrons. The maximum Gasteiger partial charge on any atom is 0.160 e. The standard InChI is InChI=1S/C20H32N2O/c1-4-10-18-15-19(12-13-20(18)17(3)23)22-14-9-7-5-6-8-11-16(2)21/h12-13,15,22H,2,4-11,14,21H2,1,3H3. The third-order valence-electron chi connectivity index (χ3n) is 4.01. The van der Waals surface area contributed by atoms with Crippen LogP contribution < -0.4 is 11.1 Å². The third kappa shape index (κ3) is 7.87. The molecule has 0 aliphatic carbocycles. The number of benzene rings is 1. The zero-order chi connectivity index (χ0) is 17.1. The van der Waals surface area contributed by atoms with Crippen LogP contribution in [0.25, 0.3) is 0 Å². The summed E-state index contributed by atoms with van der Waals surface area (Å²) in [5, 5.41) is 3.47. The van der Waals surface area contributed by atoms with Crippen molar-refractivity contribution < 1.29 is 4.79 Å². The summed E-state index contributed by atoms with van der Waals surface area (Å²) >= 11 is 0. The molecule has 0 radical (unpaired) electrons. The number of carbonyl (C=O) groups is 1. The Morgan fingerprint density at radius 1 is 1.17 bits per heavy atom. The lowest BCUT2D eigenvalue weighted by Crippen LogP contribution is -2.05. The van der Waals surface area contributed by atoms with Crippen LogP contribution >= 0.6 is 0 Å². The zero-order valence-electron chi connectivity index (χ0n) is 14.8. The number of hydrogen-bond acceptors (Lipinski definition) is 3. The molecule has 0 amide bonds. The SMILES string of the molecule is C=C(N)CCCCCCCNc1ccc(C(C)=O)c(CCC)c1. The topological polar surface area (TPSA) is 55.1 Å². The van der Waals surface area contributed by atoms with Crippen molar-refractivity contribution in [1.82, 2.24) is 0 Å². The van der Waals surface area contributed by atoms with E-state index in [1.165, 1.54) is 25.7 Å². The first kappa shape index (κ1) is 19.3. The van der Waals surface area contributed by atoms with Gasteiger partial charge in [0.2, 0.25) is 0 Å². The van der Waals surface area contributed by atoms with E-state index in [4.69, 9.17) is 5.73 Å².